The Morgan fingerprint density at radius 2 is 1.62 bits per heavy atom. The molecular formula is C21H25FN2O2. The van der Waals surface area contributed by atoms with E-state index in [9.17, 15) is 14.0 Å². The molecule has 26 heavy (non-hydrogen) atoms. The molecule has 0 aliphatic heterocycles. The van der Waals surface area contributed by atoms with Crippen LogP contribution in [0.15, 0.2) is 42.5 Å². The highest BCUT2D eigenvalue weighted by Crippen LogP contribution is 2.21. The molecule has 1 atom stereocenters. The van der Waals surface area contributed by atoms with Crippen molar-refractivity contribution in [1.29, 1.82) is 0 Å². The van der Waals surface area contributed by atoms with Crippen LogP contribution in [0.2, 0.25) is 0 Å². The fourth-order valence-electron chi connectivity index (χ4n) is 2.47. The van der Waals surface area contributed by atoms with Crippen molar-refractivity contribution in [2.75, 3.05) is 10.6 Å². The molecule has 2 aromatic carbocycles. The normalized spacial score (nSPS) is 11.9. The molecule has 138 valence electrons. The van der Waals surface area contributed by atoms with Crippen LogP contribution in [0, 0.1) is 24.6 Å². The van der Waals surface area contributed by atoms with Gasteiger partial charge < -0.3 is 10.6 Å². The lowest BCUT2D eigenvalue weighted by Crippen LogP contribution is -2.23. The van der Waals surface area contributed by atoms with E-state index in [4.69, 9.17) is 0 Å². The fraction of sp³-hybridized carbons (Fsp3) is 0.333. The molecule has 0 heterocycles. The molecule has 2 N–H and O–H groups in total. The van der Waals surface area contributed by atoms with Crippen LogP contribution in [0.1, 0.15) is 31.9 Å². The molecule has 1 unspecified atom stereocenters. The van der Waals surface area contributed by atoms with Gasteiger partial charge in [-0.05, 0) is 42.7 Å². The number of benzene rings is 2. The predicted molar refractivity (Wildman–Crippen MR) is 103 cm³/mol. The van der Waals surface area contributed by atoms with Crippen LogP contribution in [0.5, 0.6) is 0 Å². The Morgan fingerprint density at radius 1 is 0.962 bits per heavy atom. The van der Waals surface area contributed by atoms with Crippen LogP contribution in [0.4, 0.5) is 15.8 Å². The van der Waals surface area contributed by atoms with Gasteiger partial charge in [0.05, 0.1) is 5.69 Å². The Morgan fingerprint density at radius 3 is 2.27 bits per heavy atom. The molecule has 2 aromatic rings. The number of halogens is 1. The SMILES string of the molecule is Cc1ccc(CC(C)C(=O)Nc2ccccc2F)cc1NC(=O)C(C)C. The van der Waals surface area contributed by atoms with E-state index in [1.165, 1.54) is 12.1 Å². The number of nitrogens with one attached hydrogen (secondary N) is 2. The Bertz CT molecular complexity index is 802. The van der Waals surface area contributed by atoms with Crippen molar-refractivity contribution in [3.63, 3.8) is 0 Å². The predicted octanol–water partition coefficient (Wildman–Crippen LogP) is 4.55. The van der Waals surface area contributed by atoms with Crippen LogP contribution in [-0.2, 0) is 16.0 Å². The Labute approximate surface area is 153 Å². The van der Waals surface area contributed by atoms with Gasteiger partial charge in [-0.1, -0.05) is 45.0 Å². The van der Waals surface area contributed by atoms with Crippen molar-refractivity contribution in [3.05, 3.63) is 59.4 Å². The van der Waals surface area contributed by atoms with Crippen LogP contribution in [0.25, 0.3) is 0 Å². The molecule has 0 aliphatic rings. The van der Waals surface area contributed by atoms with Gasteiger partial charge in [-0.3, -0.25) is 9.59 Å². The van der Waals surface area contributed by atoms with Gasteiger partial charge in [-0.25, -0.2) is 4.39 Å². The minimum atomic E-state index is -0.456. The summed E-state index contributed by atoms with van der Waals surface area (Å²) in [5, 5.41) is 5.53. The molecule has 5 heteroatoms. The summed E-state index contributed by atoms with van der Waals surface area (Å²) in [6, 6.07) is 11.8. The average Bonchev–Trinajstić information content (AvgIpc) is 2.59. The number of hydrogen-bond acceptors (Lipinski definition) is 2. The van der Waals surface area contributed by atoms with Crippen molar-refractivity contribution in [2.24, 2.45) is 11.8 Å². The molecule has 4 nitrogen and oxygen atoms in total. The highest BCUT2D eigenvalue weighted by atomic mass is 19.1. The minimum Gasteiger partial charge on any atom is -0.326 e. The topological polar surface area (TPSA) is 58.2 Å². The second-order valence-corrected chi connectivity index (χ2v) is 6.87. The number of rotatable bonds is 6. The lowest BCUT2D eigenvalue weighted by molar-refractivity contribution is -0.120. The third-order valence-corrected chi connectivity index (χ3v) is 4.21. The summed E-state index contributed by atoms with van der Waals surface area (Å²) in [4.78, 5) is 24.3. The fourth-order valence-corrected chi connectivity index (χ4v) is 2.47. The zero-order valence-corrected chi connectivity index (χ0v) is 15.6. The van der Waals surface area contributed by atoms with E-state index >= 15 is 0 Å². The maximum absolute atomic E-state index is 13.7. The summed E-state index contributed by atoms with van der Waals surface area (Å²) < 4.78 is 13.7. The van der Waals surface area contributed by atoms with Crippen LogP contribution in [-0.4, -0.2) is 11.8 Å². The first-order chi connectivity index (χ1) is 12.3. The van der Waals surface area contributed by atoms with Gasteiger partial charge in [0.15, 0.2) is 0 Å². The van der Waals surface area contributed by atoms with Crippen molar-refractivity contribution < 1.29 is 14.0 Å². The molecule has 0 aliphatic carbocycles. The van der Waals surface area contributed by atoms with E-state index in [2.05, 4.69) is 10.6 Å². The first-order valence-electron chi connectivity index (χ1n) is 8.73. The highest BCUT2D eigenvalue weighted by molar-refractivity contribution is 5.93. The Balaban J connectivity index is 2.06. The summed E-state index contributed by atoms with van der Waals surface area (Å²) >= 11 is 0. The van der Waals surface area contributed by atoms with Crippen molar-refractivity contribution >= 4 is 23.2 Å². The largest absolute Gasteiger partial charge is 0.326 e. The number of aryl methyl sites for hydroxylation is 1. The molecule has 2 amide bonds. The third-order valence-electron chi connectivity index (χ3n) is 4.21. The molecule has 0 saturated carbocycles. The summed E-state index contributed by atoms with van der Waals surface area (Å²) in [6.45, 7) is 7.39. The first kappa shape index (κ1) is 19.6. The minimum absolute atomic E-state index is 0.0457. The smallest absolute Gasteiger partial charge is 0.227 e. The van der Waals surface area contributed by atoms with Gasteiger partial charge in [0, 0.05) is 17.5 Å². The zero-order chi connectivity index (χ0) is 19.3. The van der Waals surface area contributed by atoms with Gasteiger partial charge in [0.25, 0.3) is 0 Å². The van der Waals surface area contributed by atoms with Gasteiger partial charge in [-0.15, -0.1) is 0 Å². The van der Waals surface area contributed by atoms with Gasteiger partial charge in [-0.2, -0.15) is 0 Å². The lowest BCUT2D eigenvalue weighted by atomic mass is 9.98. The second-order valence-electron chi connectivity index (χ2n) is 6.87. The van der Waals surface area contributed by atoms with Gasteiger partial charge in [0.1, 0.15) is 5.82 Å². The maximum Gasteiger partial charge on any atom is 0.227 e. The van der Waals surface area contributed by atoms with Gasteiger partial charge >= 0.3 is 0 Å². The Hall–Kier alpha value is -2.69. The second kappa shape index (κ2) is 8.61. The van der Waals surface area contributed by atoms with E-state index in [-0.39, 0.29) is 29.3 Å². The average molecular weight is 356 g/mol. The van der Waals surface area contributed by atoms with E-state index in [0.717, 1.165) is 16.8 Å². The molecule has 0 saturated heterocycles. The summed E-state index contributed by atoms with van der Waals surface area (Å²) in [5.41, 5.74) is 2.83. The monoisotopic (exact) mass is 356 g/mol. The molecule has 0 spiro atoms. The number of hydrogen-bond donors (Lipinski definition) is 2. The van der Waals surface area contributed by atoms with Crippen molar-refractivity contribution in [2.45, 2.75) is 34.1 Å². The van der Waals surface area contributed by atoms with Crippen LogP contribution < -0.4 is 10.6 Å². The lowest BCUT2D eigenvalue weighted by Gasteiger charge is -2.15. The molecule has 0 aromatic heterocycles. The van der Waals surface area contributed by atoms with Gasteiger partial charge in [0.2, 0.25) is 11.8 Å². The van der Waals surface area contributed by atoms with Crippen molar-refractivity contribution in [3.8, 4) is 0 Å². The standard InChI is InChI=1S/C21H25FN2O2/c1-13(2)20(25)24-19-12-16(10-9-14(19)3)11-15(4)21(26)23-18-8-6-5-7-17(18)22/h5-10,12-13,15H,11H2,1-4H3,(H,23,26)(H,24,25). The quantitative estimate of drug-likeness (QED) is 0.798. The van der Waals surface area contributed by atoms with E-state index in [1.54, 1.807) is 19.1 Å². The number of para-hydroxylation sites is 1. The summed E-state index contributed by atoms with van der Waals surface area (Å²) in [7, 11) is 0. The Kier molecular flexibility index (Phi) is 6.50. The number of amides is 2. The van der Waals surface area contributed by atoms with E-state index < -0.39 is 5.82 Å². The molecular weight excluding hydrogens is 331 g/mol. The molecule has 0 bridgehead atoms. The first-order valence-corrected chi connectivity index (χ1v) is 8.73. The number of anilines is 2. The summed E-state index contributed by atoms with van der Waals surface area (Å²) in [6.07, 6.45) is 0.491. The molecule has 0 fully saturated rings. The van der Waals surface area contributed by atoms with E-state index in [0.29, 0.717) is 6.42 Å². The zero-order valence-electron chi connectivity index (χ0n) is 15.6. The third kappa shape index (κ3) is 5.15. The molecule has 2 rings (SSSR count). The highest BCUT2D eigenvalue weighted by Gasteiger charge is 2.16. The number of carbonyl (C=O) groups excluding carboxylic acids is 2. The number of carbonyl (C=O) groups is 2. The maximum atomic E-state index is 13.7. The van der Waals surface area contributed by atoms with Crippen LogP contribution >= 0.6 is 0 Å². The van der Waals surface area contributed by atoms with Crippen molar-refractivity contribution in [1.82, 2.24) is 0 Å². The summed E-state index contributed by atoms with van der Waals surface area (Å²) in [5.74, 6) is -1.20. The van der Waals surface area contributed by atoms with Crippen LogP contribution in [0.3, 0.4) is 0 Å². The van der Waals surface area contributed by atoms with E-state index in [1.807, 2.05) is 39.0 Å². The molecule has 0 radical (unpaired) electrons.